The van der Waals surface area contributed by atoms with Crippen molar-refractivity contribution in [3.05, 3.63) is 60.1 Å². The summed E-state index contributed by atoms with van der Waals surface area (Å²) < 4.78 is 1.93. The van der Waals surface area contributed by atoms with Gasteiger partial charge in [0, 0.05) is 18.0 Å². The Morgan fingerprint density at radius 2 is 1.89 bits per heavy atom. The molecule has 0 aliphatic heterocycles. The highest BCUT2D eigenvalue weighted by Crippen LogP contribution is 2.22. The Kier molecular flexibility index (Phi) is 2.47. The van der Waals surface area contributed by atoms with Gasteiger partial charge in [-0.1, -0.05) is 18.2 Å². The number of hydrogen-bond acceptors (Lipinski definition) is 4. The molecule has 0 bridgehead atoms. The van der Waals surface area contributed by atoms with Crippen LogP contribution in [-0.4, -0.2) is 14.6 Å². The van der Waals surface area contributed by atoms with Crippen LogP contribution in [0.15, 0.2) is 54.9 Å². The summed E-state index contributed by atoms with van der Waals surface area (Å²) >= 11 is 0. The molecule has 3 rings (SSSR count). The van der Waals surface area contributed by atoms with E-state index >= 15 is 0 Å². The van der Waals surface area contributed by atoms with Crippen LogP contribution in [0.1, 0.15) is 0 Å². The van der Waals surface area contributed by atoms with Gasteiger partial charge in [0.1, 0.15) is 5.65 Å². The molecule has 0 spiro atoms. The minimum Gasteiger partial charge on any atom is -0.733 e. The maximum absolute atomic E-state index is 10.7. The number of benzene rings is 1. The minimum atomic E-state index is -0.159. The lowest BCUT2D eigenvalue weighted by Crippen LogP contribution is -2.06. The van der Waals surface area contributed by atoms with E-state index in [-0.39, 0.29) is 10.9 Å². The van der Waals surface area contributed by atoms with Crippen molar-refractivity contribution in [3.8, 4) is 11.3 Å². The van der Waals surface area contributed by atoms with Crippen LogP contribution in [0.4, 0.5) is 5.69 Å². The predicted molar refractivity (Wildman–Crippen MR) is 68.3 cm³/mol. The SMILES string of the molecule is [O-]N(O)c1ccc(-c2cn3ccccc3n2)cc1. The van der Waals surface area contributed by atoms with Crippen molar-refractivity contribution in [2.75, 3.05) is 5.23 Å². The van der Waals surface area contributed by atoms with Crippen LogP contribution in [0.3, 0.4) is 0 Å². The van der Waals surface area contributed by atoms with E-state index in [4.69, 9.17) is 5.21 Å². The number of anilines is 1. The molecule has 90 valence electrons. The first-order valence-corrected chi connectivity index (χ1v) is 5.44. The van der Waals surface area contributed by atoms with Gasteiger partial charge in [0.2, 0.25) is 0 Å². The van der Waals surface area contributed by atoms with Gasteiger partial charge in [-0.15, -0.1) is 0 Å². The van der Waals surface area contributed by atoms with Gasteiger partial charge < -0.3 is 14.8 Å². The molecule has 2 aromatic heterocycles. The topological polar surface area (TPSA) is 63.8 Å². The third kappa shape index (κ3) is 1.81. The third-order valence-corrected chi connectivity index (χ3v) is 2.75. The summed E-state index contributed by atoms with van der Waals surface area (Å²) in [5.41, 5.74) is 2.78. The Morgan fingerprint density at radius 3 is 2.56 bits per heavy atom. The molecule has 2 heterocycles. The van der Waals surface area contributed by atoms with E-state index < -0.39 is 0 Å². The van der Waals surface area contributed by atoms with Crippen molar-refractivity contribution < 1.29 is 5.21 Å². The van der Waals surface area contributed by atoms with Crippen LogP contribution in [-0.2, 0) is 0 Å². The summed E-state index contributed by atoms with van der Waals surface area (Å²) in [6.45, 7) is 0. The van der Waals surface area contributed by atoms with Crippen molar-refractivity contribution >= 4 is 11.3 Å². The second kappa shape index (κ2) is 4.14. The standard InChI is InChI=1S/C13H10N3O2/c17-16(18)11-6-4-10(5-7-11)12-9-15-8-2-1-3-13(15)14-12/h1-9,17H/q-1. The largest absolute Gasteiger partial charge is 0.733 e. The highest BCUT2D eigenvalue weighted by Gasteiger charge is 2.03. The molecule has 0 saturated heterocycles. The molecule has 0 amide bonds. The first kappa shape index (κ1) is 10.8. The maximum Gasteiger partial charge on any atom is 0.137 e. The lowest BCUT2D eigenvalue weighted by atomic mass is 10.1. The zero-order valence-corrected chi connectivity index (χ0v) is 9.39. The number of nitrogens with zero attached hydrogens (tertiary/aromatic N) is 3. The van der Waals surface area contributed by atoms with E-state index in [1.807, 2.05) is 35.0 Å². The number of imidazole rings is 1. The van der Waals surface area contributed by atoms with Crippen molar-refractivity contribution in [3.63, 3.8) is 0 Å². The zero-order valence-electron chi connectivity index (χ0n) is 9.39. The van der Waals surface area contributed by atoms with Crippen LogP contribution < -0.4 is 5.23 Å². The van der Waals surface area contributed by atoms with Crippen LogP contribution in [0.2, 0.25) is 0 Å². The number of hydrogen-bond donors (Lipinski definition) is 1. The van der Waals surface area contributed by atoms with Crippen LogP contribution in [0.5, 0.6) is 0 Å². The fraction of sp³-hybridized carbons (Fsp3) is 0. The monoisotopic (exact) mass is 240 g/mol. The summed E-state index contributed by atoms with van der Waals surface area (Å²) in [5, 5.41) is 19.3. The molecule has 0 fully saturated rings. The molecule has 0 unspecified atom stereocenters. The normalized spacial score (nSPS) is 10.8. The van der Waals surface area contributed by atoms with Gasteiger partial charge >= 0.3 is 0 Å². The average molecular weight is 240 g/mol. The summed E-state index contributed by atoms with van der Waals surface area (Å²) in [4.78, 5) is 4.47. The summed E-state index contributed by atoms with van der Waals surface area (Å²) in [6.07, 6.45) is 3.84. The zero-order chi connectivity index (χ0) is 12.5. The molecule has 0 aliphatic carbocycles. The van der Waals surface area contributed by atoms with Crippen molar-refractivity contribution in [1.82, 2.24) is 9.38 Å². The van der Waals surface area contributed by atoms with Gasteiger partial charge in [-0.05, 0) is 24.3 Å². The fourth-order valence-electron chi connectivity index (χ4n) is 1.83. The first-order valence-electron chi connectivity index (χ1n) is 5.44. The van der Waals surface area contributed by atoms with Gasteiger partial charge in [-0.3, -0.25) is 5.21 Å². The Morgan fingerprint density at radius 1 is 1.11 bits per heavy atom. The highest BCUT2D eigenvalue weighted by molar-refractivity contribution is 5.65. The van der Waals surface area contributed by atoms with E-state index in [0.717, 1.165) is 16.9 Å². The molecule has 5 heteroatoms. The molecule has 1 N–H and O–H groups in total. The summed E-state index contributed by atoms with van der Waals surface area (Å²) in [6, 6.07) is 12.4. The van der Waals surface area contributed by atoms with Crippen molar-refractivity contribution in [2.45, 2.75) is 0 Å². The van der Waals surface area contributed by atoms with E-state index in [1.165, 1.54) is 0 Å². The van der Waals surface area contributed by atoms with Gasteiger partial charge in [0.25, 0.3) is 0 Å². The summed E-state index contributed by atoms with van der Waals surface area (Å²) in [7, 11) is 0. The molecule has 0 saturated carbocycles. The van der Waals surface area contributed by atoms with Gasteiger partial charge in [-0.25, -0.2) is 4.98 Å². The molecule has 1 aromatic carbocycles. The molecule has 5 nitrogen and oxygen atoms in total. The molecule has 0 atom stereocenters. The van der Waals surface area contributed by atoms with E-state index in [1.54, 1.807) is 24.3 Å². The van der Waals surface area contributed by atoms with Crippen LogP contribution in [0, 0.1) is 5.21 Å². The van der Waals surface area contributed by atoms with Gasteiger partial charge in [0.05, 0.1) is 11.4 Å². The highest BCUT2D eigenvalue weighted by atomic mass is 16.8. The second-order valence-electron chi connectivity index (χ2n) is 3.91. The third-order valence-electron chi connectivity index (χ3n) is 2.75. The molecule has 18 heavy (non-hydrogen) atoms. The van der Waals surface area contributed by atoms with Crippen molar-refractivity contribution in [2.24, 2.45) is 0 Å². The molecule has 3 aromatic rings. The lowest BCUT2D eigenvalue weighted by Gasteiger charge is -2.21. The van der Waals surface area contributed by atoms with E-state index in [0.29, 0.717) is 0 Å². The fourth-order valence-corrected chi connectivity index (χ4v) is 1.83. The molecule has 0 radical (unpaired) electrons. The average Bonchev–Trinajstić information content (AvgIpc) is 2.82. The first-order chi connectivity index (χ1) is 8.74. The number of rotatable bonds is 2. The van der Waals surface area contributed by atoms with Crippen LogP contribution in [0.25, 0.3) is 16.9 Å². The van der Waals surface area contributed by atoms with Gasteiger partial charge in [-0.2, -0.15) is 0 Å². The molecular formula is C13H10N3O2-. The number of pyridine rings is 1. The Bertz CT molecular complexity index is 641. The second-order valence-corrected chi connectivity index (χ2v) is 3.91. The maximum atomic E-state index is 10.7. The minimum absolute atomic E-state index is 0.159. The smallest absolute Gasteiger partial charge is 0.137 e. The molecule has 0 aliphatic rings. The Labute approximate surface area is 103 Å². The lowest BCUT2D eigenvalue weighted by molar-refractivity contribution is 0.296. The number of aromatic nitrogens is 2. The quantitative estimate of drug-likeness (QED) is 0.699. The predicted octanol–water partition coefficient (Wildman–Crippen LogP) is 2.69. The van der Waals surface area contributed by atoms with Crippen molar-refractivity contribution in [1.29, 1.82) is 0 Å². The summed E-state index contributed by atoms with van der Waals surface area (Å²) in [5.74, 6) is 0. The van der Waals surface area contributed by atoms with Gasteiger partial charge in [0.15, 0.2) is 0 Å². The number of fused-ring (bicyclic) bond motifs is 1. The molecular weight excluding hydrogens is 230 g/mol. The van der Waals surface area contributed by atoms with E-state index in [2.05, 4.69) is 4.98 Å². The van der Waals surface area contributed by atoms with E-state index in [9.17, 15) is 5.21 Å². The van der Waals surface area contributed by atoms with Crippen LogP contribution >= 0.6 is 0 Å². The Balaban J connectivity index is 2.03. The Hall–Kier alpha value is -2.37.